The average molecular weight is 384 g/mol. The molecule has 0 N–H and O–H groups in total. The smallest absolute Gasteiger partial charge is 0.269 e. The average Bonchev–Trinajstić information content (AvgIpc) is 3.02. The first kappa shape index (κ1) is 18.9. The van der Waals surface area contributed by atoms with Crippen molar-refractivity contribution in [1.82, 2.24) is 14.8 Å². The third kappa shape index (κ3) is 4.65. The number of aryl methyl sites for hydroxylation is 2. The highest BCUT2D eigenvalue weighted by atomic mass is 32.2. The molecule has 0 atom stereocenters. The number of ether oxygens (including phenoxy) is 1. The Morgan fingerprint density at radius 2 is 1.85 bits per heavy atom. The molecule has 0 aliphatic carbocycles. The Morgan fingerprint density at radius 3 is 2.56 bits per heavy atom. The summed E-state index contributed by atoms with van der Waals surface area (Å²) in [5.74, 6) is 2.32. The highest BCUT2D eigenvalue weighted by Crippen LogP contribution is 2.24. The highest BCUT2D eigenvalue weighted by molar-refractivity contribution is 7.99. The Labute approximate surface area is 161 Å². The van der Waals surface area contributed by atoms with Gasteiger partial charge in [-0.3, -0.25) is 14.7 Å². The van der Waals surface area contributed by atoms with E-state index in [-0.39, 0.29) is 5.69 Å². The molecule has 0 aliphatic heterocycles. The predicted octanol–water partition coefficient (Wildman–Crippen LogP) is 4.35. The summed E-state index contributed by atoms with van der Waals surface area (Å²) in [6, 6.07) is 14.3. The normalized spacial score (nSPS) is 10.7. The van der Waals surface area contributed by atoms with E-state index in [1.807, 2.05) is 19.1 Å². The maximum Gasteiger partial charge on any atom is 0.269 e. The van der Waals surface area contributed by atoms with Crippen LogP contribution in [0.4, 0.5) is 5.69 Å². The topological polar surface area (TPSA) is 83.1 Å². The Kier molecular flexibility index (Phi) is 6.08. The summed E-state index contributed by atoms with van der Waals surface area (Å²) in [5, 5.41) is 20.0. The second-order valence-corrected chi connectivity index (χ2v) is 7.02. The van der Waals surface area contributed by atoms with Crippen LogP contribution in [0.15, 0.2) is 53.7 Å². The van der Waals surface area contributed by atoms with Crippen molar-refractivity contribution in [1.29, 1.82) is 0 Å². The van der Waals surface area contributed by atoms with E-state index in [4.69, 9.17) is 4.74 Å². The standard InChI is InChI=1S/C19H20N4O3S/c1-14-6-3-4-7-18(14)22-15(2)20-21-19(22)27-13-5-12-26-17-10-8-16(9-11-17)23(24)25/h3-4,6-11H,5,12-13H2,1-2H3. The molecule has 0 saturated heterocycles. The van der Waals surface area contributed by atoms with Gasteiger partial charge in [-0.25, -0.2) is 0 Å². The van der Waals surface area contributed by atoms with Crippen molar-refractivity contribution in [2.24, 2.45) is 0 Å². The minimum atomic E-state index is -0.424. The third-order valence-electron chi connectivity index (χ3n) is 3.99. The number of nitrogens with zero attached hydrogens (tertiary/aromatic N) is 4. The molecule has 140 valence electrons. The molecule has 0 saturated carbocycles. The van der Waals surface area contributed by atoms with Gasteiger partial charge in [0.1, 0.15) is 11.6 Å². The highest BCUT2D eigenvalue weighted by Gasteiger charge is 2.12. The van der Waals surface area contributed by atoms with E-state index in [1.54, 1.807) is 23.9 Å². The van der Waals surface area contributed by atoms with Crippen molar-refractivity contribution in [3.8, 4) is 11.4 Å². The van der Waals surface area contributed by atoms with Crippen LogP contribution in [0.2, 0.25) is 0 Å². The van der Waals surface area contributed by atoms with E-state index in [0.717, 1.165) is 28.8 Å². The van der Waals surface area contributed by atoms with Crippen molar-refractivity contribution >= 4 is 17.4 Å². The van der Waals surface area contributed by atoms with Gasteiger partial charge in [0.05, 0.1) is 17.2 Å². The van der Waals surface area contributed by atoms with Gasteiger partial charge in [-0.2, -0.15) is 0 Å². The van der Waals surface area contributed by atoms with Crippen LogP contribution in [-0.2, 0) is 0 Å². The summed E-state index contributed by atoms with van der Waals surface area (Å²) in [4.78, 5) is 10.2. The molecule has 27 heavy (non-hydrogen) atoms. The monoisotopic (exact) mass is 384 g/mol. The van der Waals surface area contributed by atoms with Gasteiger partial charge in [0.15, 0.2) is 5.16 Å². The molecule has 0 fully saturated rings. The molecule has 1 heterocycles. The molecule has 2 aromatic carbocycles. The summed E-state index contributed by atoms with van der Waals surface area (Å²) < 4.78 is 7.71. The first-order valence-electron chi connectivity index (χ1n) is 8.54. The number of rotatable bonds is 8. The second kappa shape index (κ2) is 8.68. The van der Waals surface area contributed by atoms with Gasteiger partial charge in [0, 0.05) is 17.9 Å². The van der Waals surface area contributed by atoms with Gasteiger partial charge < -0.3 is 4.74 Å². The molecule has 8 heteroatoms. The van der Waals surface area contributed by atoms with Crippen LogP contribution < -0.4 is 4.74 Å². The van der Waals surface area contributed by atoms with Crippen LogP contribution in [0, 0.1) is 24.0 Å². The number of hydrogen-bond acceptors (Lipinski definition) is 6. The second-order valence-electron chi connectivity index (χ2n) is 5.95. The van der Waals surface area contributed by atoms with Crippen LogP contribution in [-0.4, -0.2) is 32.0 Å². The summed E-state index contributed by atoms with van der Waals surface area (Å²) >= 11 is 1.63. The molecule has 1 aromatic heterocycles. The van der Waals surface area contributed by atoms with Crippen LogP contribution in [0.25, 0.3) is 5.69 Å². The van der Waals surface area contributed by atoms with Gasteiger partial charge >= 0.3 is 0 Å². The van der Waals surface area contributed by atoms with Crippen LogP contribution in [0.5, 0.6) is 5.75 Å². The van der Waals surface area contributed by atoms with Crippen molar-refractivity contribution in [3.05, 3.63) is 70.0 Å². The number of benzene rings is 2. The van der Waals surface area contributed by atoms with Crippen LogP contribution in [0.3, 0.4) is 0 Å². The number of non-ortho nitro benzene ring substituents is 1. The fraction of sp³-hybridized carbons (Fsp3) is 0.263. The van der Waals surface area contributed by atoms with E-state index < -0.39 is 4.92 Å². The zero-order chi connectivity index (χ0) is 19.2. The molecule has 0 unspecified atom stereocenters. The minimum Gasteiger partial charge on any atom is -0.494 e. The number of thioether (sulfide) groups is 1. The van der Waals surface area contributed by atoms with E-state index >= 15 is 0 Å². The molecule has 3 aromatic rings. The van der Waals surface area contributed by atoms with E-state index in [0.29, 0.717) is 12.4 Å². The minimum absolute atomic E-state index is 0.0591. The predicted molar refractivity (Wildman–Crippen MR) is 105 cm³/mol. The molecule has 0 bridgehead atoms. The molecule has 0 aliphatic rings. The Bertz CT molecular complexity index is 925. The summed E-state index contributed by atoms with van der Waals surface area (Å²) in [6.07, 6.45) is 0.821. The molecule has 0 radical (unpaired) electrons. The largest absolute Gasteiger partial charge is 0.494 e. The maximum atomic E-state index is 10.6. The lowest BCUT2D eigenvalue weighted by Crippen LogP contribution is -2.03. The van der Waals surface area contributed by atoms with E-state index in [9.17, 15) is 10.1 Å². The number of nitro groups is 1. The lowest BCUT2D eigenvalue weighted by Gasteiger charge is -2.11. The first-order valence-corrected chi connectivity index (χ1v) is 9.53. The van der Waals surface area contributed by atoms with Crippen molar-refractivity contribution in [2.45, 2.75) is 25.4 Å². The molecule has 0 spiro atoms. The van der Waals surface area contributed by atoms with Gasteiger partial charge in [0.2, 0.25) is 0 Å². The molecular weight excluding hydrogens is 364 g/mol. The number of nitro benzene ring substituents is 1. The Morgan fingerprint density at radius 1 is 1.11 bits per heavy atom. The number of hydrogen-bond donors (Lipinski definition) is 0. The molecule has 0 amide bonds. The lowest BCUT2D eigenvalue weighted by atomic mass is 10.2. The SMILES string of the molecule is Cc1ccccc1-n1c(C)nnc1SCCCOc1ccc([N+](=O)[O-])cc1. The quantitative estimate of drug-likeness (QED) is 0.248. The zero-order valence-electron chi connectivity index (χ0n) is 15.2. The fourth-order valence-corrected chi connectivity index (χ4v) is 3.51. The van der Waals surface area contributed by atoms with Gasteiger partial charge in [-0.05, 0) is 44.0 Å². The van der Waals surface area contributed by atoms with Gasteiger partial charge in [-0.15, -0.1) is 10.2 Å². The van der Waals surface area contributed by atoms with Crippen LogP contribution >= 0.6 is 11.8 Å². The van der Waals surface area contributed by atoms with Gasteiger partial charge in [-0.1, -0.05) is 30.0 Å². The lowest BCUT2D eigenvalue weighted by molar-refractivity contribution is -0.384. The Hall–Kier alpha value is -2.87. The maximum absolute atomic E-state index is 10.6. The molecular formula is C19H20N4O3S. The summed E-state index contributed by atoms with van der Waals surface area (Å²) in [6.45, 7) is 4.55. The van der Waals surface area contributed by atoms with Crippen molar-refractivity contribution in [3.63, 3.8) is 0 Å². The molecule has 7 nitrogen and oxygen atoms in total. The van der Waals surface area contributed by atoms with Crippen molar-refractivity contribution in [2.75, 3.05) is 12.4 Å². The number of aromatic nitrogens is 3. The van der Waals surface area contributed by atoms with E-state index in [1.165, 1.54) is 17.7 Å². The zero-order valence-corrected chi connectivity index (χ0v) is 16.0. The Balaban J connectivity index is 1.53. The summed E-state index contributed by atoms with van der Waals surface area (Å²) in [5.41, 5.74) is 2.32. The fourth-order valence-electron chi connectivity index (χ4n) is 2.60. The van der Waals surface area contributed by atoms with E-state index in [2.05, 4.69) is 33.8 Å². The first-order chi connectivity index (χ1) is 13.1. The number of para-hydroxylation sites is 1. The molecule has 3 rings (SSSR count). The third-order valence-corrected chi connectivity index (χ3v) is 5.00. The van der Waals surface area contributed by atoms with Crippen LogP contribution in [0.1, 0.15) is 17.8 Å². The van der Waals surface area contributed by atoms with Crippen molar-refractivity contribution < 1.29 is 9.66 Å². The van der Waals surface area contributed by atoms with Gasteiger partial charge in [0.25, 0.3) is 5.69 Å². The summed E-state index contributed by atoms with van der Waals surface area (Å²) in [7, 11) is 0.